The number of hydrogen-bond acceptors (Lipinski definition) is 3. The van der Waals surface area contributed by atoms with Crippen molar-refractivity contribution in [2.75, 3.05) is 0 Å². The van der Waals surface area contributed by atoms with Crippen molar-refractivity contribution < 1.29 is 13.2 Å². The summed E-state index contributed by atoms with van der Waals surface area (Å²) >= 11 is 0. The minimum absolute atomic E-state index is 0.0573. The molecule has 128 valence electrons. The minimum atomic E-state index is -3.58. The molecule has 2 aromatic rings. The van der Waals surface area contributed by atoms with Crippen molar-refractivity contribution in [2.24, 2.45) is 0 Å². The molecule has 0 amide bonds. The van der Waals surface area contributed by atoms with Crippen LogP contribution in [0.5, 0.6) is 5.75 Å². The fourth-order valence-electron chi connectivity index (χ4n) is 3.02. The highest BCUT2D eigenvalue weighted by molar-refractivity contribution is 7.89. The summed E-state index contributed by atoms with van der Waals surface area (Å²) in [6, 6.07) is 16.4. The molecule has 1 fully saturated rings. The van der Waals surface area contributed by atoms with Gasteiger partial charge in [-0.05, 0) is 62.9 Å². The lowest BCUT2D eigenvalue weighted by Crippen LogP contribution is -2.50. The summed E-state index contributed by atoms with van der Waals surface area (Å²) in [5.41, 5.74) is 0.548. The Morgan fingerprint density at radius 2 is 1.62 bits per heavy atom. The Labute approximate surface area is 143 Å². The summed E-state index contributed by atoms with van der Waals surface area (Å²) < 4.78 is 34.1. The van der Waals surface area contributed by atoms with Gasteiger partial charge in [0, 0.05) is 0 Å². The van der Waals surface area contributed by atoms with Crippen LogP contribution in [0.1, 0.15) is 38.7 Å². The van der Waals surface area contributed by atoms with Gasteiger partial charge in [-0.25, -0.2) is 13.1 Å². The summed E-state index contributed by atoms with van der Waals surface area (Å²) in [5.74, 6) is 0.672. The molecule has 1 aliphatic carbocycles. The van der Waals surface area contributed by atoms with Gasteiger partial charge in [0.1, 0.15) is 5.75 Å². The van der Waals surface area contributed by atoms with Gasteiger partial charge in [0.25, 0.3) is 0 Å². The van der Waals surface area contributed by atoms with E-state index in [-0.39, 0.29) is 11.0 Å². The smallest absolute Gasteiger partial charge is 0.241 e. The maximum Gasteiger partial charge on any atom is 0.241 e. The maximum atomic E-state index is 12.8. The first-order valence-corrected chi connectivity index (χ1v) is 9.76. The molecule has 0 radical (unpaired) electrons. The largest absolute Gasteiger partial charge is 0.491 e. The third kappa shape index (κ3) is 3.47. The second-order valence-corrected chi connectivity index (χ2v) is 8.23. The van der Waals surface area contributed by atoms with E-state index in [4.69, 9.17) is 4.74 Å². The molecule has 0 unspecified atom stereocenters. The molecule has 4 nitrogen and oxygen atoms in total. The SMILES string of the molecule is CC(C)Oc1ccc(S(=O)(=O)NC2(c3ccccc3)CCC2)cc1. The average Bonchev–Trinajstić information content (AvgIpc) is 2.52. The second kappa shape index (κ2) is 6.57. The lowest BCUT2D eigenvalue weighted by atomic mass is 9.73. The van der Waals surface area contributed by atoms with E-state index in [1.165, 1.54) is 0 Å². The maximum absolute atomic E-state index is 12.8. The Morgan fingerprint density at radius 1 is 1.00 bits per heavy atom. The first-order valence-electron chi connectivity index (χ1n) is 8.28. The number of hydrogen-bond donors (Lipinski definition) is 1. The van der Waals surface area contributed by atoms with Gasteiger partial charge in [-0.3, -0.25) is 0 Å². The van der Waals surface area contributed by atoms with Crippen LogP contribution in [0.25, 0.3) is 0 Å². The molecule has 1 aliphatic rings. The summed E-state index contributed by atoms with van der Waals surface area (Å²) in [6.45, 7) is 3.87. The van der Waals surface area contributed by atoms with Crippen molar-refractivity contribution in [3.8, 4) is 5.75 Å². The van der Waals surface area contributed by atoms with E-state index < -0.39 is 15.6 Å². The highest BCUT2D eigenvalue weighted by Crippen LogP contribution is 2.42. The van der Waals surface area contributed by atoms with E-state index in [2.05, 4.69) is 4.72 Å². The van der Waals surface area contributed by atoms with Gasteiger partial charge in [0.15, 0.2) is 0 Å². The molecule has 1 N–H and O–H groups in total. The highest BCUT2D eigenvalue weighted by Gasteiger charge is 2.42. The Morgan fingerprint density at radius 3 is 2.12 bits per heavy atom. The Hall–Kier alpha value is -1.85. The number of nitrogens with one attached hydrogen (secondary N) is 1. The first-order chi connectivity index (χ1) is 11.4. The summed E-state index contributed by atoms with van der Waals surface area (Å²) in [6.07, 6.45) is 2.73. The zero-order valence-corrected chi connectivity index (χ0v) is 14.8. The van der Waals surface area contributed by atoms with E-state index in [0.717, 1.165) is 24.8 Å². The van der Waals surface area contributed by atoms with E-state index in [1.54, 1.807) is 24.3 Å². The second-order valence-electron chi connectivity index (χ2n) is 6.55. The molecule has 1 saturated carbocycles. The molecule has 0 bridgehead atoms. The monoisotopic (exact) mass is 345 g/mol. The number of benzene rings is 2. The molecule has 0 spiro atoms. The van der Waals surface area contributed by atoms with Crippen molar-refractivity contribution >= 4 is 10.0 Å². The summed E-state index contributed by atoms with van der Waals surface area (Å²) in [7, 11) is -3.58. The third-order valence-corrected chi connectivity index (χ3v) is 5.92. The molecule has 0 aliphatic heterocycles. The van der Waals surface area contributed by atoms with Gasteiger partial charge in [0.05, 0.1) is 16.5 Å². The van der Waals surface area contributed by atoms with Gasteiger partial charge in [0.2, 0.25) is 10.0 Å². The minimum Gasteiger partial charge on any atom is -0.491 e. The molecular formula is C19H23NO3S. The van der Waals surface area contributed by atoms with E-state index in [0.29, 0.717) is 5.75 Å². The molecule has 0 atom stereocenters. The zero-order chi connectivity index (χ0) is 17.2. The quantitative estimate of drug-likeness (QED) is 0.865. The number of rotatable bonds is 6. The standard InChI is InChI=1S/C19H23NO3S/c1-15(2)23-17-9-11-18(12-10-17)24(21,22)20-19(13-6-14-19)16-7-4-3-5-8-16/h3-5,7-12,15,20H,6,13-14H2,1-2H3. The fourth-order valence-corrected chi connectivity index (χ4v) is 4.47. The molecule has 5 heteroatoms. The molecule has 2 aromatic carbocycles. The van der Waals surface area contributed by atoms with Crippen molar-refractivity contribution in [1.29, 1.82) is 0 Å². The van der Waals surface area contributed by atoms with Crippen molar-refractivity contribution in [3.63, 3.8) is 0 Å². The Balaban J connectivity index is 1.83. The lowest BCUT2D eigenvalue weighted by molar-refractivity contribution is 0.224. The van der Waals surface area contributed by atoms with Crippen molar-refractivity contribution in [1.82, 2.24) is 4.72 Å². The van der Waals surface area contributed by atoms with Crippen LogP contribution in [0.3, 0.4) is 0 Å². The van der Waals surface area contributed by atoms with Crippen molar-refractivity contribution in [3.05, 3.63) is 60.2 Å². The predicted octanol–water partition coefficient (Wildman–Crippen LogP) is 3.83. The molecule has 24 heavy (non-hydrogen) atoms. The first kappa shape index (κ1) is 17.0. The molecule has 0 saturated heterocycles. The topological polar surface area (TPSA) is 55.4 Å². The molecule has 3 rings (SSSR count). The van der Waals surface area contributed by atoms with E-state index >= 15 is 0 Å². The zero-order valence-electron chi connectivity index (χ0n) is 14.0. The fraction of sp³-hybridized carbons (Fsp3) is 0.368. The predicted molar refractivity (Wildman–Crippen MR) is 94.5 cm³/mol. The van der Waals surface area contributed by atoms with Gasteiger partial charge >= 0.3 is 0 Å². The van der Waals surface area contributed by atoms with Crippen molar-refractivity contribution in [2.45, 2.75) is 49.6 Å². The molecule has 0 aromatic heterocycles. The lowest BCUT2D eigenvalue weighted by Gasteiger charge is -2.42. The van der Waals surface area contributed by atoms with Crippen LogP contribution >= 0.6 is 0 Å². The van der Waals surface area contributed by atoms with Crippen LogP contribution in [0.15, 0.2) is 59.5 Å². The van der Waals surface area contributed by atoms with Crippen LogP contribution in [-0.4, -0.2) is 14.5 Å². The molecular weight excluding hydrogens is 322 g/mol. The number of sulfonamides is 1. The van der Waals surface area contributed by atoms with Gasteiger partial charge in [-0.15, -0.1) is 0 Å². The van der Waals surface area contributed by atoms with Crippen LogP contribution in [-0.2, 0) is 15.6 Å². The normalized spacial score (nSPS) is 16.6. The van der Waals surface area contributed by atoms with Gasteiger partial charge < -0.3 is 4.74 Å². The van der Waals surface area contributed by atoms with E-state index in [1.807, 2.05) is 44.2 Å². The van der Waals surface area contributed by atoms with E-state index in [9.17, 15) is 8.42 Å². The summed E-state index contributed by atoms with van der Waals surface area (Å²) in [5, 5.41) is 0. The van der Waals surface area contributed by atoms with Crippen LogP contribution in [0.2, 0.25) is 0 Å². The van der Waals surface area contributed by atoms with Gasteiger partial charge in [-0.2, -0.15) is 0 Å². The van der Waals surface area contributed by atoms with Crippen LogP contribution in [0, 0.1) is 0 Å². The Kier molecular flexibility index (Phi) is 4.65. The molecule has 0 heterocycles. The Bertz CT molecular complexity index is 779. The highest BCUT2D eigenvalue weighted by atomic mass is 32.2. The average molecular weight is 345 g/mol. The van der Waals surface area contributed by atoms with Crippen LogP contribution in [0.4, 0.5) is 0 Å². The van der Waals surface area contributed by atoms with Gasteiger partial charge in [-0.1, -0.05) is 30.3 Å². The van der Waals surface area contributed by atoms with Crippen LogP contribution < -0.4 is 9.46 Å². The summed E-state index contributed by atoms with van der Waals surface area (Å²) in [4.78, 5) is 0.265. The number of ether oxygens (including phenoxy) is 1. The third-order valence-electron chi connectivity index (χ3n) is 4.37.